The lowest BCUT2D eigenvalue weighted by atomic mass is 9.64. The van der Waals surface area contributed by atoms with E-state index in [2.05, 4.69) is 24.2 Å². The molecule has 0 amide bonds. The highest BCUT2D eigenvalue weighted by Gasteiger charge is 2.37. The van der Waals surface area contributed by atoms with E-state index in [1.165, 1.54) is 38.5 Å². The van der Waals surface area contributed by atoms with E-state index in [1.54, 1.807) is 0 Å². The summed E-state index contributed by atoms with van der Waals surface area (Å²) in [7, 11) is 0. The largest absolute Gasteiger partial charge is 0.370 e. The first kappa shape index (κ1) is 11.7. The van der Waals surface area contributed by atoms with E-state index < -0.39 is 0 Å². The molecule has 2 fully saturated rings. The highest BCUT2D eigenvalue weighted by atomic mass is 15.1. The van der Waals surface area contributed by atoms with Gasteiger partial charge in [0.2, 0.25) is 0 Å². The van der Waals surface area contributed by atoms with Crippen LogP contribution < -0.4 is 11.1 Å². The summed E-state index contributed by atoms with van der Waals surface area (Å²) in [6.45, 7) is 5.53. The molecular weight excluding hydrogens is 198 g/mol. The van der Waals surface area contributed by atoms with Crippen LogP contribution in [0.5, 0.6) is 0 Å². The van der Waals surface area contributed by atoms with Gasteiger partial charge in [-0.25, -0.2) is 0 Å². The molecule has 2 rings (SSSR count). The molecule has 2 aliphatic rings. The molecule has 3 heteroatoms. The van der Waals surface area contributed by atoms with Gasteiger partial charge in [0.15, 0.2) is 5.96 Å². The fraction of sp³-hybridized carbons (Fsp3) is 0.923. The molecule has 0 atom stereocenters. The van der Waals surface area contributed by atoms with Gasteiger partial charge in [-0.15, -0.1) is 0 Å². The predicted molar refractivity (Wildman–Crippen MR) is 68.4 cm³/mol. The third-order valence-corrected chi connectivity index (χ3v) is 3.77. The van der Waals surface area contributed by atoms with Crippen LogP contribution in [0.2, 0.25) is 0 Å². The number of rotatable bonds is 5. The first-order chi connectivity index (χ1) is 7.60. The van der Waals surface area contributed by atoms with Gasteiger partial charge in [-0.05, 0) is 43.4 Å². The van der Waals surface area contributed by atoms with Crippen LogP contribution >= 0.6 is 0 Å². The van der Waals surface area contributed by atoms with Crippen molar-refractivity contribution in [3.8, 4) is 0 Å². The van der Waals surface area contributed by atoms with E-state index >= 15 is 0 Å². The molecule has 0 bridgehead atoms. The average molecular weight is 223 g/mol. The smallest absolute Gasteiger partial charge is 0.188 e. The van der Waals surface area contributed by atoms with Gasteiger partial charge >= 0.3 is 0 Å². The number of nitrogens with two attached hydrogens (primary N) is 1. The van der Waals surface area contributed by atoms with Crippen LogP contribution in [-0.2, 0) is 0 Å². The van der Waals surface area contributed by atoms with Crippen molar-refractivity contribution in [1.82, 2.24) is 5.32 Å². The highest BCUT2D eigenvalue weighted by molar-refractivity contribution is 5.78. The topological polar surface area (TPSA) is 50.4 Å². The molecule has 2 saturated carbocycles. The van der Waals surface area contributed by atoms with Crippen molar-refractivity contribution in [2.45, 2.75) is 58.4 Å². The summed E-state index contributed by atoms with van der Waals surface area (Å²) in [5, 5.41) is 3.26. The number of guanidine groups is 1. The lowest BCUT2D eigenvalue weighted by Crippen LogP contribution is -2.38. The normalized spacial score (nSPS) is 24.3. The zero-order valence-electron chi connectivity index (χ0n) is 10.6. The summed E-state index contributed by atoms with van der Waals surface area (Å²) in [5.41, 5.74) is 6.35. The van der Waals surface area contributed by atoms with E-state index in [9.17, 15) is 0 Å². The number of nitrogens with one attached hydrogen (secondary N) is 1. The molecule has 0 radical (unpaired) electrons. The second-order valence-electron chi connectivity index (χ2n) is 6.07. The van der Waals surface area contributed by atoms with Gasteiger partial charge in [0, 0.05) is 12.6 Å². The number of nitrogens with zero attached hydrogens (tertiary/aromatic N) is 1. The minimum Gasteiger partial charge on any atom is -0.370 e. The van der Waals surface area contributed by atoms with Crippen LogP contribution in [0.4, 0.5) is 0 Å². The van der Waals surface area contributed by atoms with Crippen LogP contribution in [0.3, 0.4) is 0 Å². The van der Waals surface area contributed by atoms with Crippen molar-refractivity contribution in [1.29, 1.82) is 0 Å². The average Bonchev–Trinajstić information content (AvgIpc) is 2.92. The Morgan fingerprint density at radius 1 is 1.44 bits per heavy atom. The molecule has 0 saturated heterocycles. The van der Waals surface area contributed by atoms with Gasteiger partial charge in [0.25, 0.3) is 0 Å². The standard InChI is InChI=1S/C13H25N3/c1-10(2)8-13(6-3-7-13)9-15-12(14)16-11-4-5-11/h10-11H,3-9H2,1-2H3,(H3,14,15,16). The maximum Gasteiger partial charge on any atom is 0.188 e. The second kappa shape index (κ2) is 4.64. The molecule has 16 heavy (non-hydrogen) atoms. The number of hydrogen-bond donors (Lipinski definition) is 2. The molecule has 0 spiro atoms. The van der Waals surface area contributed by atoms with E-state index in [-0.39, 0.29) is 0 Å². The summed E-state index contributed by atoms with van der Waals surface area (Å²) >= 11 is 0. The second-order valence-corrected chi connectivity index (χ2v) is 6.07. The highest BCUT2D eigenvalue weighted by Crippen LogP contribution is 2.46. The van der Waals surface area contributed by atoms with Crippen molar-refractivity contribution >= 4 is 5.96 Å². The third-order valence-electron chi connectivity index (χ3n) is 3.77. The fourth-order valence-electron chi connectivity index (χ4n) is 2.70. The lowest BCUT2D eigenvalue weighted by Gasteiger charge is -2.42. The Morgan fingerprint density at radius 2 is 2.12 bits per heavy atom. The maximum absolute atomic E-state index is 5.87. The minimum atomic E-state index is 0.476. The molecule has 0 aromatic heterocycles. The summed E-state index contributed by atoms with van der Waals surface area (Å²) in [4.78, 5) is 4.53. The van der Waals surface area contributed by atoms with E-state index in [0.29, 0.717) is 17.4 Å². The van der Waals surface area contributed by atoms with Crippen LogP contribution in [0.1, 0.15) is 52.4 Å². The molecule has 0 heterocycles. The molecule has 0 aromatic rings. The van der Waals surface area contributed by atoms with E-state index in [4.69, 9.17) is 5.73 Å². The Labute approximate surface area is 98.9 Å². The molecule has 0 aromatic carbocycles. The van der Waals surface area contributed by atoms with Gasteiger partial charge in [0.05, 0.1) is 0 Å². The Hall–Kier alpha value is -0.730. The molecule has 92 valence electrons. The SMILES string of the molecule is CC(C)CC1(CN=C(N)NC2CC2)CCC1. The van der Waals surface area contributed by atoms with E-state index in [1.807, 2.05) is 0 Å². The van der Waals surface area contributed by atoms with Crippen molar-refractivity contribution in [3.63, 3.8) is 0 Å². The van der Waals surface area contributed by atoms with Crippen LogP contribution in [0.15, 0.2) is 4.99 Å². The zero-order valence-corrected chi connectivity index (χ0v) is 10.6. The first-order valence-corrected chi connectivity index (χ1v) is 6.66. The fourth-order valence-corrected chi connectivity index (χ4v) is 2.70. The quantitative estimate of drug-likeness (QED) is 0.555. The van der Waals surface area contributed by atoms with Crippen molar-refractivity contribution in [3.05, 3.63) is 0 Å². The molecule has 2 aliphatic carbocycles. The summed E-state index contributed by atoms with van der Waals surface area (Å²) in [6.07, 6.45) is 7.86. The van der Waals surface area contributed by atoms with Crippen molar-refractivity contribution in [2.24, 2.45) is 22.1 Å². The number of hydrogen-bond acceptors (Lipinski definition) is 1. The van der Waals surface area contributed by atoms with Gasteiger partial charge in [-0.2, -0.15) is 0 Å². The zero-order chi connectivity index (χ0) is 11.6. The van der Waals surface area contributed by atoms with Crippen LogP contribution in [-0.4, -0.2) is 18.5 Å². The Balaban J connectivity index is 1.81. The summed E-state index contributed by atoms with van der Waals surface area (Å²) < 4.78 is 0. The van der Waals surface area contributed by atoms with Gasteiger partial charge in [-0.3, -0.25) is 4.99 Å². The van der Waals surface area contributed by atoms with Crippen LogP contribution in [0, 0.1) is 11.3 Å². The maximum atomic E-state index is 5.87. The molecule has 0 aliphatic heterocycles. The van der Waals surface area contributed by atoms with E-state index in [0.717, 1.165) is 12.5 Å². The molecular formula is C13H25N3. The van der Waals surface area contributed by atoms with Gasteiger partial charge in [-0.1, -0.05) is 20.3 Å². The third kappa shape index (κ3) is 3.13. The monoisotopic (exact) mass is 223 g/mol. The minimum absolute atomic E-state index is 0.476. The van der Waals surface area contributed by atoms with Crippen molar-refractivity contribution in [2.75, 3.05) is 6.54 Å². The summed E-state index contributed by atoms with van der Waals surface area (Å²) in [6, 6.07) is 0.617. The van der Waals surface area contributed by atoms with Gasteiger partial charge < -0.3 is 11.1 Å². The Kier molecular flexibility index (Phi) is 3.41. The molecule has 0 unspecified atom stereocenters. The van der Waals surface area contributed by atoms with Crippen molar-refractivity contribution < 1.29 is 0 Å². The van der Waals surface area contributed by atoms with Crippen LogP contribution in [0.25, 0.3) is 0 Å². The molecule has 3 N–H and O–H groups in total. The Morgan fingerprint density at radius 3 is 2.56 bits per heavy atom. The lowest BCUT2D eigenvalue weighted by molar-refractivity contribution is 0.111. The summed E-state index contributed by atoms with van der Waals surface area (Å²) in [5.74, 6) is 1.44. The molecule has 3 nitrogen and oxygen atoms in total. The number of aliphatic imine (C=N–C) groups is 1. The first-order valence-electron chi connectivity index (χ1n) is 6.66. The van der Waals surface area contributed by atoms with Gasteiger partial charge in [0.1, 0.15) is 0 Å². The predicted octanol–water partition coefficient (Wildman–Crippen LogP) is 2.27. The Bertz CT molecular complexity index is 262.